The number of rotatable bonds is 7. The van der Waals surface area contributed by atoms with E-state index in [0.717, 1.165) is 0 Å². The smallest absolute Gasteiger partial charge is 0.252 e. The average Bonchev–Trinajstić information content (AvgIpc) is 3.33. The summed E-state index contributed by atoms with van der Waals surface area (Å²) < 4.78 is 22.5. The van der Waals surface area contributed by atoms with Gasteiger partial charge in [0, 0.05) is 24.6 Å². The molecule has 0 spiro atoms. The van der Waals surface area contributed by atoms with E-state index in [1.165, 1.54) is 12.1 Å². The molecule has 0 saturated heterocycles. The first-order chi connectivity index (χ1) is 17.4. The van der Waals surface area contributed by atoms with Crippen LogP contribution >= 0.6 is 0 Å². The molecule has 0 radical (unpaired) electrons. The van der Waals surface area contributed by atoms with Gasteiger partial charge in [0.05, 0.1) is 11.1 Å². The molecule has 4 aromatic rings. The minimum Gasteiger partial charge on any atom is -0.488 e. The highest BCUT2D eigenvalue weighted by Crippen LogP contribution is 2.34. The molecule has 0 aliphatic carbocycles. The van der Waals surface area contributed by atoms with Gasteiger partial charge >= 0.3 is 0 Å². The Kier molecular flexibility index (Phi) is 6.28. The molecule has 2 N–H and O–H groups in total. The van der Waals surface area contributed by atoms with Gasteiger partial charge in [-0.05, 0) is 55.3 Å². The van der Waals surface area contributed by atoms with Crippen LogP contribution in [0.2, 0.25) is 0 Å². The average molecular weight is 486 g/mol. The maximum absolute atomic E-state index is 14.8. The molecular formula is C27H24FN5O3. The van der Waals surface area contributed by atoms with Gasteiger partial charge in [0.2, 0.25) is 0 Å². The van der Waals surface area contributed by atoms with Gasteiger partial charge in [-0.15, -0.1) is 10.2 Å². The van der Waals surface area contributed by atoms with E-state index in [1.54, 1.807) is 36.5 Å². The molecule has 2 atom stereocenters. The Morgan fingerprint density at radius 2 is 1.89 bits per heavy atom. The molecule has 0 fully saturated rings. The monoisotopic (exact) mass is 485 g/mol. The zero-order valence-corrected chi connectivity index (χ0v) is 19.6. The van der Waals surface area contributed by atoms with Crippen molar-refractivity contribution in [1.29, 1.82) is 0 Å². The summed E-state index contributed by atoms with van der Waals surface area (Å²) in [6, 6.07) is 16.5. The van der Waals surface area contributed by atoms with E-state index in [4.69, 9.17) is 10.5 Å². The van der Waals surface area contributed by atoms with Gasteiger partial charge in [-0.25, -0.2) is 4.39 Å². The van der Waals surface area contributed by atoms with Crippen molar-refractivity contribution < 1.29 is 18.7 Å². The molecule has 2 aromatic heterocycles. The summed E-state index contributed by atoms with van der Waals surface area (Å²) in [5, 5.41) is 8.61. The van der Waals surface area contributed by atoms with E-state index in [2.05, 4.69) is 15.2 Å². The number of primary amides is 1. The van der Waals surface area contributed by atoms with Crippen LogP contribution < -0.4 is 10.5 Å². The summed E-state index contributed by atoms with van der Waals surface area (Å²) in [4.78, 5) is 29.4. The minimum atomic E-state index is -0.606. The number of pyridine rings is 1. The van der Waals surface area contributed by atoms with Crippen molar-refractivity contribution in [1.82, 2.24) is 19.7 Å². The minimum absolute atomic E-state index is 0.00870. The molecule has 8 nitrogen and oxygen atoms in total. The summed E-state index contributed by atoms with van der Waals surface area (Å²) in [6.45, 7) is 2.04. The number of Topliss-reactive ketones (excluding diaryl/α,β-unsaturated/α-hetero) is 1. The lowest BCUT2D eigenvalue weighted by molar-refractivity contribution is 0.0882. The number of hydrogen-bond donors (Lipinski definition) is 1. The SMILES string of the molecule is CC1CC(C(=O)c2cc(COc3ccccc3C(N)=O)ccc2F)Cc2nnc(-c3ccccn3)n21. The number of para-hydroxylation sites is 1. The van der Waals surface area contributed by atoms with Crippen molar-refractivity contribution in [3.05, 3.63) is 95.2 Å². The van der Waals surface area contributed by atoms with Crippen LogP contribution in [0.25, 0.3) is 11.5 Å². The summed E-state index contributed by atoms with van der Waals surface area (Å²) in [6.07, 6.45) is 2.58. The third-order valence-corrected chi connectivity index (χ3v) is 6.37. The van der Waals surface area contributed by atoms with Crippen LogP contribution in [-0.4, -0.2) is 31.4 Å². The summed E-state index contributed by atoms with van der Waals surface area (Å²) >= 11 is 0. The summed E-state index contributed by atoms with van der Waals surface area (Å²) in [5.41, 5.74) is 6.97. The lowest BCUT2D eigenvalue weighted by Crippen LogP contribution is -2.29. The largest absolute Gasteiger partial charge is 0.488 e. The van der Waals surface area contributed by atoms with Gasteiger partial charge in [0.15, 0.2) is 11.6 Å². The molecule has 3 heterocycles. The number of hydrogen-bond acceptors (Lipinski definition) is 6. The predicted octanol–water partition coefficient (Wildman–Crippen LogP) is 4.16. The molecule has 0 saturated carbocycles. The number of nitrogens with two attached hydrogens (primary N) is 1. The van der Waals surface area contributed by atoms with E-state index in [1.807, 2.05) is 29.7 Å². The van der Waals surface area contributed by atoms with Crippen LogP contribution in [0.5, 0.6) is 5.75 Å². The number of ether oxygens (including phenoxy) is 1. The van der Waals surface area contributed by atoms with E-state index < -0.39 is 17.6 Å². The van der Waals surface area contributed by atoms with Crippen LogP contribution in [0.1, 0.15) is 51.5 Å². The van der Waals surface area contributed by atoms with Gasteiger partial charge in [0.25, 0.3) is 5.91 Å². The first kappa shape index (κ1) is 23.3. The number of fused-ring (bicyclic) bond motifs is 1. The number of carbonyl (C=O) groups is 2. The molecule has 0 bridgehead atoms. The fourth-order valence-corrected chi connectivity index (χ4v) is 4.64. The molecular weight excluding hydrogens is 461 g/mol. The zero-order valence-electron chi connectivity index (χ0n) is 19.6. The fourth-order valence-electron chi connectivity index (χ4n) is 4.64. The highest BCUT2D eigenvalue weighted by molar-refractivity contribution is 5.98. The van der Waals surface area contributed by atoms with Crippen molar-refractivity contribution in [2.24, 2.45) is 11.7 Å². The van der Waals surface area contributed by atoms with E-state index in [0.29, 0.717) is 41.5 Å². The van der Waals surface area contributed by atoms with Gasteiger partial charge in [0.1, 0.15) is 29.7 Å². The molecule has 1 aliphatic heterocycles. The Balaban J connectivity index is 1.35. The Bertz CT molecular complexity index is 1440. The molecule has 5 rings (SSSR count). The molecule has 36 heavy (non-hydrogen) atoms. The van der Waals surface area contributed by atoms with Crippen LogP contribution in [0.3, 0.4) is 0 Å². The summed E-state index contributed by atoms with van der Waals surface area (Å²) in [7, 11) is 0. The quantitative estimate of drug-likeness (QED) is 0.393. The highest BCUT2D eigenvalue weighted by Gasteiger charge is 2.34. The predicted molar refractivity (Wildman–Crippen MR) is 130 cm³/mol. The lowest BCUT2D eigenvalue weighted by atomic mass is 9.85. The standard InChI is InChI=1S/C27H24FN5O3/c1-16-12-18(14-24-31-32-27(33(16)24)22-7-4-5-11-30-22)25(34)20-13-17(9-10-21(20)28)15-36-23-8-3-2-6-19(23)26(29)35/h2-11,13,16,18H,12,14-15H2,1H3,(H2,29,35). The molecule has 9 heteroatoms. The maximum Gasteiger partial charge on any atom is 0.252 e. The van der Waals surface area contributed by atoms with Crippen molar-refractivity contribution >= 4 is 11.7 Å². The second kappa shape index (κ2) is 9.69. The van der Waals surface area contributed by atoms with E-state index >= 15 is 0 Å². The Morgan fingerprint density at radius 3 is 2.67 bits per heavy atom. The van der Waals surface area contributed by atoms with Gasteiger partial charge < -0.3 is 15.0 Å². The number of nitrogens with zero attached hydrogens (tertiary/aromatic N) is 4. The molecule has 182 valence electrons. The Labute approximate surface area is 207 Å². The zero-order chi connectivity index (χ0) is 25.2. The third kappa shape index (κ3) is 4.47. The van der Waals surface area contributed by atoms with Crippen LogP contribution in [0.15, 0.2) is 66.9 Å². The van der Waals surface area contributed by atoms with Gasteiger partial charge in [-0.2, -0.15) is 0 Å². The van der Waals surface area contributed by atoms with E-state index in [9.17, 15) is 14.0 Å². The highest BCUT2D eigenvalue weighted by atomic mass is 19.1. The maximum atomic E-state index is 14.8. The number of halogens is 1. The number of benzene rings is 2. The number of amides is 1. The molecule has 1 amide bonds. The lowest BCUT2D eigenvalue weighted by Gasteiger charge is -2.28. The second-order valence-electron chi connectivity index (χ2n) is 8.84. The molecule has 2 aromatic carbocycles. The Morgan fingerprint density at radius 1 is 1.08 bits per heavy atom. The van der Waals surface area contributed by atoms with Crippen molar-refractivity contribution in [3.8, 4) is 17.3 Å². The normalized spacial score (nSPS) is 16.8. The number of carbonyl (C=O) groups excluding carboxylic acids is 2. The third-order valence-electron chi connectivity index (χ3n) is 6.37. The van der Waals surface area contributed by atoms with Crippen molar-refractivity contribution in [2.45, 2.75) is 32.4 Å². The van der Waals surface area contributed by atoms with Crippen LogP contribution in [0, 0.1) is 11.7 Å². The fraction of sp³-hybridized carbons (Fsp3) is 0.222. The van der Waals surface area contributed by atoms with Crippen molar-refractivity contribution in [2.75, 3.05) is 0 Å². The topological polar surface area (TPSA) is 113 Å². The number of ketones is 1. The number of aromatic nitrogens is 4. The van der Waals surface area contributed by atoms with Gasteiger partial charge in [-0.3, -0.25) is 14.6 Å². The Hall–Kier alpha value is -4.40. The molecule has 1 aliphatic rings. The van der Waals surface area contributed by atoms with Gasteiger partial charge in [-0.1, -0.05) is 24.3 Å². The summed E-state index contributed by atoms with van der Waals surface area (Å²) in [5.74, 6) is -0.254. The first-order valence-corrected chi connectivity index (χ1v) is 11.6. The van der Waals surface area contributed by atoms with Crippen LogP contribution in [0.4, 0.5) is 4.39 Å². The van der Waals surface area contributed by atoms with E-state index in [-0.39, 0.29) is 29.6 Å². The van der Waals surface area contributed by atoms with Crippen molar-refractivity contribution in [3.63, 3.8) is 0 Å². The first-order valence-electron chi connectivity index (χ1n) is 11.6. The second-order valence-corrected chi connectivity index (χ2v) is 8.84. The van der Waals surface area contributed by atoms with Crippen LogP contribution in [-0.2, 0) is 13.0 Å². The molecule has 2 unspecified atom stereocenters.